The Morgan fingerprint density at radius 2 is 1.41 bits per heavy atom. The van der Waals surface area contributed by atoms with Crippen molar-refractivity contribution in [2.75, 3.05) is 26.2 Å². The second-order valence-corrected chi connectivity index (χ2v) is 10.8. The molecule has 10 heteroatoms. The Morgan fingerprint density at radius 1 is 0.829 bits per heavy atom. The molecule has 1 amide bonds. The van der Waals surface area contributed by atoms with Gasteiger partial charge in [0.1, 0.15) is 5.56 Å². The topological polar surface area (TPSA) is 53.7 Å². The summed E-state index contributed by atoms with van der Waals surface area (Å²) in [4.78, 5) is 22.1. The predicted octanol–water partition coefficient (Wildman–Crippen LogP) is 6.73. The maximum absolute atomic E-state index is 14.0. The SMILES string of the molecule is O=C(c1cnn2c(C(F)(F)F)cc(-c3ccc(Br)cc3)nc12)N1CCN(C(c2ccccc2)c2ccccc2)CC1. The summed E-state index contributed by atoms with van der Waals surface area (Å²) in [6.45, 7) is 2.05. The molecule has 41 heavy (non-hydrogen) atoms. The van der Waals surface area contributed by atoms with E-state index in [2.05, 4.69) is 55.2 Å². The van der Waals surface area contributed by atoms with Gasteiger partial charge in [-0.25, -0.2) is 9.50 Å². The first-order valence-corrected chi connectivity index (χ1v) is 13.9. The van der Waals surface area contributed by atoms with Gasteiger partial charge < -0.3 is 4.90 Å². The average molecular weight is 620 g/mol. The molecule has 3 aromatic carbocycles. The van der Waals surface area contributed by atoms with Crippen LogP contribution in [0.1, 0.15) is 33.2 Å². The molecule has 0 bridgehead atoms. The third-order valence-electron chi connectivity index (χ3n) is 7.33. The Kier molecular flexibility index (Phi) is 7.35. The lowest BCUT2D eigenvalue weighted by Crippen LogP contribution is -2.49. The molecule has 3 heterocycles. The number of aromatic nitrogens is 3. The first-order valence-electron chi connectivity index (χ1n) is 13.1. The molecule has 0 saturated carbocycles. The van der Waals surface area contributed by atoms with Crippen LogP contribution in [0.5, 0.6) is 0 Å². The number of carbonyl (C=O) groups excluding carboxylic acids is 1. The monoisotopic (exact) mass is 619 g/mol. The molecule has 0 radical (unpaired) electrons. The van der Waals surface area contributed by atoms with Crippen LogP contribution >= 0.6 is 15.9 Å². The minimum absolute atomic E-state index is 0.0242. The number of hydrogen-bond acceptors (Lipinski definition) is 4. The number of piperazine rings is 1. The number of hydrogen-bond donors (Lipinski definition) is 0. The Labute approximate surface area is 243 Å². The van der Waals surface area contributed by atoms with Crippen molar-refractivity contribution >= 4 is 27.5 Å². The lowest BCUT2D eigenvalue weighted by molar-refractivity contribution is -0.142. The molecule has 2 aromatic heterocycles. The van der Waals surface area contributed by atoms with Gasteiger partial charge in [0.05, 0.1) is 17.9 Å². The summed E-state index contributed by atoms with van der Waals surface area (Å²) in [5.41, 5.74) is 1.88. The predicted molar refractivity (Wildman–Crippen MR) is 153 cm³/mol. The Hall–Kier alpha value is -4.02. The van der Waals surface area contributed by atoms with E-state index in [1.54, 1.807) is 29.2 Å². The zero-order valence-corrected chi connectivity index (χ0v) is 23.4. The van der Waals surface area contributed by atoms with Crippen LogP contribution in [0.3, 0.4) is 0 Å². The van der Waals surface area contributed by atoms with Crippen molar-refractivity contribution in [1.82, 2.24) is 24.4 Å². The van der Waals surface area contributed by atoms with Crippen LogP contribution in [-0.2, 0) is 6.18 Å². The number of rotatable bonds is 5. The first kappa shape index (κ1) is 27.2. The fourth-order valence-electron chi connectivity index (χ4n) is 5.32. The molecule has 0 N–H and O–H groups in total. The van der Waals surface area contributed by atoms with Crippen molar-refractivity contribution in [2.45, 2.75) is 12.2 Å². The zero-order chi connectivity index (χ0) is 28.6. The van der Waals surface area contributed by atoms with Crippen LogP contribution in [0.4, 0.5) is 13.2 Å². The molecular weight excluding hydrogens is 595 g/mol. The molecule has 6 nitrogen and oxygen atoms in total. The molecule has 1 aliphatic heterocycles. The van der Waals surface area contributed by atoms with E-state index < -0.39 is 11.9 Å². The van der Waals surface area contributed by atoms with Crippen molar-refractivity contribution in [3.8, 4) is 11.3 Å². The molecule has 0 aliphatic carbocycles. The number of halogens is 4. The summed E-state index contributed by atoms with van der Waals surface area (Å²) in [6, 6.07) is 28.2. The van der Waals surface area contributed by atoms with E-state index in [4.69, 9.17) is 0 Å². The highest BCUT2D eigenvalue weighted by molar-refractivity contribution is 9.10. The van der Waals surface area contributed by atoms with Crippen LogP contribution < -0.4 is 0 Å². The molecule has 0 unspecified atom stereocenters. The summed E-state index contributed by atoms with van der Waals surface area (Å²) in [6.07, 6.45) is -3.50. The summed E-state index contributed by atoms with van der Waals surface area (Å²) >= 11 is 3.34. The third-order valence-corrected chi connectivity index (χ3v) is 7.86. The van der Waals surface area contributed by atoms with Gasteiger partial charge in [-0.3, -0.25) is 9.69 Å². The molecule has 0 atom stereocenters. The minimum Gasteiger partial charge on any atom is -0.336 e. The Balaban J connectivity index is 1.29. The molecule has 5 aromatic rings. The smallest absolute Gasteiger partial charge is 0.336 e. The maximum atomic E-state index is 14.0. The maximum Gasteiger partial charge on any atom is 0.433 e. The number of alkyl halides is 3. The van der Waals surface area contributed by atoms with Gasteiger partial charge in [0.25, 0.3) is 5.91 Å². The van der Waals surface area contributed by atoms with Crippen molar-refractivity contribution in [3.63, 3.8) is 0 Å². The van der Waals surface area contributed by atoms with Gasteiger partial charge in [-0.1, -0.05) is 88.7 Å². The fourth-order valence-corrected chi connectivity index (χ4v) is 5.59. The minimum atomic E-state index is -4.69. The first-order chi connectivity index (χ1) is 19.8. The second kappa shape index (κ2) is 11.1. The normalized spacial score (nSPS) is 14.6. The van der Waals surface area contributed by atoms with Gasteiger partial charge in [-0.15, -0.1) is 0 Å². The lowest BCUT2D eigenvalue weighted by Gasteiger charge is -2.39. The van der Waals surface area contributed by atoms with Gasteiger partial charge in [-0.05, 0) is 29.3 Å². The summed E-state index contributed by atoms with van der Waals surface area (Å²) in [5.74, 6) is -0.385. The van der Waals surface area contributed by atoms with Crippen molar-refractivity contribution in [1.29, 1.82) is 0 Å². The van der Waals surface area contributed by atoms with Crippen LogP contribution in [0, 0.1) is 0 Å². The zero-order valence-electron chi connectivity index (χ0n) is 21.8. The van der Waals surface area contributed by atoms with Crippen LogP contribution in [0.15, 0.2) is 102 Å². The number of benzene rings is 3. The molecule has 1 fully saturated rings. The highest BCUT2D eigenvalue weighted by Gasteiger charge is 2.37. The van der Waals surface area contributed by atoms with E-state index in [-0.39, 0.29) is 28.9 Å². The van der Waals surface area contributed by atoms with Gasteiger partial charge in [0, 0.05) is 36.2 Å². The van der Waals surface area contributed by atoms with Crippen molar-refractivity contribution in [3.05, 3.63) is 124 Å². The largest absolute Gasteiger partial charge is 0.433 e. The second-order valence-electron chi connectivity index (χ2n) is 9.88. The standard InChI is InChI=1S/C31H25BrF3N5O/c32-24-13-11-21(12-14-24)26-19-27(31(33,34)35)40-29(37-26)25(20-36-40)30(41)39-17-15-38(16-18-39)28(22-7-3-1-4-8-22)23-9-5-2-6-10-23/h1-14,19-20,28H,15-18H2. The third kappa shape index (κ3) is 5.49. The number of amides is 1. The Bertz CT molecular complexity index is 1630. The van der Waals surface area contributed by atoms with Crippen LogP contribution in [0.2, 0.25) is 0 Å². The molecule has 6 rings (SSSR count). The van der Waals surface area contributed by atoms with E-state index in [1.165, 1.54) is 6.20 Å². The van der Waals surface area contributed by atoms with Crippen molar-refractivity contribution in [2.24, 2.45) is 0 Å². The summed E-state index contributed by atoms with van der Waals surface area (Å²) < 4.78 is 43.6. The molecule has 0 spiro atoms. The van der Waals surface area contributed by atoms with Crippen molar-refractivity contribution < 1.29 is 18.0 Å². The fraction of sp³-hybridized carbons (Fsp3) is 0.194. The highest BCUT2D eigenvalue weighted by Crippen LogP contribution is 2.34. The lowest BCUT2D eigenvalue weighted by atomic mass is 9.96. The molecule has 1 saturated heterocycles. The van der Waals surface area contributed by atoms with E-state index in [0.29, 0.717) is 36.3 Å². The number of fused-ring (bicyclic) bond motifs is 1. The van der Waals surface area contributed by atoms with Gasteiger partial charge in [0.2, 0.25) is 0 Å². The van der Waals surface area contributed by atoms with Crippen LogP contribution in [-0.4, -0.2) is 56.5 Å². The van der Waals surface area contributed by atoms with Crippen LogP contribution in [0.25, 0.3) is 16.9 Å². The van der Waals surface area contributed by atoms with E-state index >= 15 is 0 Å². The number of carbonyl (C=O) groups is 1. The van der Waals surface area contributed by atoms with E-state index in [9.17, 15) is 18.0 Å². The van der Waals surface area contributed by atoms with Gasteiger partial charge in [0.15, 0.2) is 11.3 Å². The quantitative estimate of drug-likeness (QED) is 0.219. The van der Waals surface area contributed by atoms with Gasteiger partial charge >= 0.3 is 6.18 Å². The summed E-state index contributed by atoms with van der Waals surface area (Å²) in [7, 11) is 0. The Morgan fingerprint density at radius 3 is 1.98 bits per heavy atom. The van der Waals surface area contributed by atoms with Gasteiger partial charge in [-0.2, -0.15) is 18.3 Å². The highest BCUT2D eigenvalue weighted by atomic mass is 79.9. The molecule has 208 valence electrons. The van der Waals surface area contributed by atoms with E-state index in [0.717, 1.165) is 21.7 Å². The molecule has 1 aliphatic rings. The number of nitrogens with zero attached hydrogens (tertiary/aromatic N) is 5. The average Bonchev–Trinajstić information content (AvgIpc) is 3.42. The molecular formula is C31H25BrF3N5O. The van der Waals surface area contributed by atoms with E-state index in [1.807, 2.05) is 36.4 Å². The summed E-state index contributed by atoms with van der Waals surface area (Å²) in [5, 5.41) is 3.94.